The first kappa shape index (κ1) is 29.7. The van der Waals surface area contributed by atoms with E-state index in [-0.39, 0.29) is 84.6 Å². The summed E-state index contributed by atoms with van der Waals surface area (Å²) in [6.07, 6.45) is 0. The van der Waals surface area contributed by atoms with E-state index < -0.39 is 7.82 Å². The van der Waals surface area contributed by atoms with Crippen molar-refractivity contribution in [2.75, 3.05) is 0 Å². The van der Waals surface area contributed by atoms with Gasteiger partial charge in [0.25, 0.3) is 0 Å². The van der Waals surface area contributed by atoms with E-state index in [1.807, 2.05) is 0 Å². The van der Waals surface area contributed by atoms with E-state index in [1.54, 1.807) is 0 Å². The predicted molar refractivity (Wildman–Crippen MR) is 41.3 cm³/mol. The van der Waals surface area contributed by atoms with Crippen LogP contribution >= 0.6 is 7.82 Å². The quantitative estimate of drug-likeness (QED) is 0.310. The average molecular weight is 343 g/mol. The van der Waals surface area contributed by atoms with Gasteiger partial charge < -0.3 is 14.7 Å². The maximum atomic E-state index is 8.88. The third kappa shape index (κ3) is 104. The van der Waals surface area contributed by atoms with Gasteiger partial charge in [-0.1, -0.05) is 0 Å². The second-order valence-electron chi connectivity index (χ2n) is 0.513. The van der Waals surface area contributed by atoms with Crippen LogP contribution in [0, 0.1) is 0 Å². The molecule has 0 spiro atoms. The summed E-state index contributed by atoms with van der Waals surface area (Å²) < 4.78 is 8.88. The largest absolute Gasteiger partial charge is 0 e. The van der Waals surface area contributed by atoms with Crippen LogP contribution in [0.2, 0.25) is 0 Å². The van der Waals surface area contributed by atoms with Gasteiger partial charge in [-0.25, -0.2) is 4.57 Å². The van der Waals surface area contributed by atoms with Crippen LogP contribution in [0.4, 0.5) is 0 Å². The molecule has 0 unspecified atom stereocenters. The first-order valence-electron chi connectivity index (χ1n) is 0.783. The first-order chi connectivity index (χ1) is 2.00. The maximum absolute atomic E-state index is 8.88. The van der Waals surface area contributed by atoms with Gasteiger partial charge in [-0.15, -0.1) is 0 Å². The van der Waals surface area contributed by atoms with Crippen molar-refractivity contribution >= 4 is 66.3 Å². The van der Waals surface area contributed by atoms with Gasteiger partial charge in [0.2, 0.25) is 0 Å². The van der Waals surface area contributed by atoms with Gasteiger partial charge >= 0.3 is 66.3 Å². The maximum Gasteiger partial charge on any atom is 0 e. The zero-order valence-electron chi connectivity index (χ0n) is 2.70. The molecule has 9 heteroatoms. The van der Waals surface area contributed by atoms with Crippen LogP contribution in [0.15, 0.2) is 0 Å². The van der Waals surface area contributed by atoms with Crippen LogP contribution in [-0.2, 0) is 30.8 Å². The molecule has 0 rings (SSSR count). The van der Waals surface area contributed by atoms with Crippen LogP contribution in [-0.4, -0.2) is 73.1 Å². The third-order valence-electron chi connectivity index (χ3n) is 0. The second kappa shape index (κ2) is 13.5. The Morgan fingerprint density at radius 3 is 1.00 bits per heavy atom. The number of hydrogen-bond donors (Lipinski definition) is 3. The molecule has 9 heavy (non-hydrogen) atoms. The molecule has 0 aromatic rings. The smallest absolute Gasteiger partial charge is 0 e. The summed E-state index contributed by atoms with van der Waals surface area (Å²) in [5.41, 5.74) is 0. The standard InChI is InChI=1S/2Ga.Li.H3O4P.Zr.7H/c;;;1-5(2,3)4;;;;;;;;/h;;;(H3,1,2,3,4);;;;;;;;. The summed E-state index contributed by atoms with van der Waals surface area (Å²) >= 11 is 0. The molecule has 4 nitrogen and oxygen atoms in total. The molecule has 0 aromatic carbocycles. The minimum absolute atomic E-state index is 0. The molecule has 0 saturated carbocycles. The zero-order valence-corrected chi connectivity index (χ0v) is 6.05. The summed E-state index contributed by atoms with van der Waals surface area (Å²) in [5, 5.41) is 0. The van der Waals surface area contributed by atoms with Crippen molar-refractivity contribution in [3.63, 3.8) is 0 Å². The molecule has 0 amide bonds. The zero-order chi connectivity index (χ0) is 4.50. The number of rotatable bonds is 0. The molecule has 0 bridgehead atoms. The van der Waals surface area contributed by atoms with Crippen LogP contribution in [0.25, 0.3) is 0 Å². The van der Waals surface area contributed by atoms with Gasteiger partial charge in [0.15, 0.2) is 0 Å². The fourth-order valence-electron chi connectivity index (χ4n) is 0. The topological polar surface area (TPSA) is 77.8 Å². The van der Waals surface area contributed by atoms with Crippen LogP contribution < -0.4 is 0 Å². The summed E-state index contributed by atoms with van der Waals surface area (Å²) in [6.45, 7) is 0. The molecule has 0 aromatic heterocycles. The molecule has 0 aliphatic rings. The average Bonchev–Trinajstić information content (AvgIpc) is 0.722. The molecule has 0 saturated heterocycles. The summed E-state index contributed by atoms with van der Waals surface area (Å²) in [5.74, 6) is 0. The monoisotopic (exact) mass is 340 g/mol. The molecule has 0 fully saturated rings. The van der Waals surface area contributed by atoms with Gasteiger partial charge in [-0.05, 0) is 0 Å². The normalized spacial score (nSPS) is 6.56. The van der Waals surface area contributed by atoms with Crippen LogP contribution in [0.5, 0.6) is 0 Å². The van der Waals surface area contributed by atoms with Crippen LogP contribution in [0.1, 0.15) is 0 Å². The van der Waals surface area contributed by atoms with Gasteiger partial charge in [0.05, 0.1) is 0 Å². The summed E-state index contributed by atoms with van der Waals surface area (Å²) in [4.78, 5) is 21.6. The van der Waals surface area contributed by atoms with E-state index in [0.717, 1.165) is 0 Å². The molecule has 0 atom stereocenters. The fourth-order valence-corrected chi connectivity index (χ4v) is 0. The Labute approximate surface area is 110 Å². The molecule has 3 N–H and O–H groups in total. The molecule has 0 aliphatic heterocycles. The van der Waals surface area contributed by atoms with E-state index in [4.69, 9.17) is 19.2 Å². The minimum Gasteiger partial charge on any atom is 0 e. The Morgan fingerprint density at radius 2 is 1.00 bits per heavy atom. The Balaban J connectivity index is -0.0000000133. The van der Waals surface area contributed by atoms with Crippen molar-refractivity contribution in [1.82, 2.24) is 0 Å². The Morgan fingerprint density at radius 1 is 1.00 bits per heavy atom. The Kier molecular flexibility index (Phi) is 44.4. The SMILES string of the molecule is O=P(O)(O)O.[GaH3].[GaH3].[LiH].[Zr]. The van der Waals surface area contributed by atoms with Crippen molar-refractivity contribution in [3.8, 4) is 0 Å². The van der Waals surface area contributed by atoms with Crippen molar-refractivity contribution < 1.29 is 45.4 Å². The van der Waals surface area contributed by atoms with Crippen LogP contribution in [0.3, 0.4) is 0 Å². The Bertz CT molecular complexity index is 64.7. The van der Waals surface area contributed by atoms with E-state index in [9.17, 15) is 0 Å². The van der Waals surface area contributed by atoms with E-state index >= 15 is 0 Å². The van der Waals surface area contributed by atoms with Gasteiger partial charge in [0, 0.05) is 26.2 Å². The van der Waals surface area contributed by atoms with Crippen molar-refractivity contribution in [2.24, 2.45) is 0 Å². The second-order valence-corrected chi connectivity index (χ2v) is 1.54. The van der Waals surface area contributed by atoms with Crippen molar-refractivity contribution in [1.29, 1.82) is 0 Å². The molecule has 0 aliphatic carbocycles. The molecule has 50 valence electrons. The summed E-state index contributed by atoms with van der Waals surface area (Å²) in [6, 6.07) is 0. The summed E-state index contributed by atoms with van der Waals surface area (Å²) in [7, 11) is -4.64. The molecule has 0 heterocycles. The third-order valence-corrected chi connectivity index (χ3v) is 0. The number of hydrogen-bond acceptors (Lipinski definition) is 1. The molecular weight excluding hydrogens is 333 g/mol. The van der Waals surface area contributed by atoms with Gasteiger partial charge in [0.1, 0.15) is 0 Å². The predicted octanol–water partition coefficient (Wildman–Crippen LogP) is -3.95. The van der Waals surface area contributed by atoms with Crippen molar-refractivity contribution in [2.45, 2.75) is 0 Å². The Hall–Kier alpha value is 2.86. The van der Waals surface area contributed by atoms with Gasteiger partial charge in [-0.2, -0.15) is 0 Å². The van der Waals surface area contributed by atoms with E-state index in [2.05, 4.69) is 0 Å². The molecule has 0 radical (unpaired) electrons. The number of phosphoric acid groups is 1. The van der Waals surface area contributed by atoms with E-state index in [0.29, 0.717) is 0 Å². The first-order valence-corrected chi connectivity index (χ1v) is 2.35. The molecular formula is H10Ga2LiO4PZr. The van der Waals surface area contributed by atoms with Gasteiger partial charge in [-0.3, -0.25) is 0 Å². The van der Waals surface area contributed by atoms with E-state index in [1.165, 1.54) is 0 Å². The fraction of sp³-hybridized carbons (Fsp3) is 0. The minimum atomic E-state index is -4.64. The van der Waals surface area contributed by atoms with Crippen molar-refractivity contribution in [3.05, 3.63) is 0 Å².